The average molecular weight is 299 g/mol. The molecule has 0 saturated carbocycles. The number of para-hydroxylation sites is 2. The maximum absolute atomic E-state index is 12.4. The van der Waals surface area contributed by atoms with Crippen LogP contribution in [0.2, 0.25) is 0 Å². The van der Waals surface area contributed by atoms with Gasteiger partial charge in [0.05, 0.1) is 18.0 Å². The lowest BCUT2D eigenvalue weighted by Crippen LogP contribution is -2.33. The van der Waals surface area contributed by atoms with Gasteiger partial charge in [0.1, 0.15) is 5.75 Å². The number of rotatable bonds is 5. The average Bonchev–Trinajstić information content (AvgIpc) is 2.60. The highest BCUT2D eigenvalue weighted by molar-refractivity contribution is 7.92. The SMILES string of the molecule is O=C(O)CCCS(=O)(=O)N1CCCOc2ccccc21. The second-order valence-corrected chi connectivity index (χ2v) is 6.57. The Morgan fingerprint density at radius 1 is 1.35 bits per heavy atom. The summed E-state index contributed by atoms with van der Waals surface area (Å²) in [5.41, 5.74) is 0.528. The molecule has 0 unspecified atom stereocenters. The molecule has 1 aliphatic heterocycles. The van der Waals surface area contributed by atoms with Crippen molar-refractivity contribution in [3.8, 4) is 5.75 Å². The highest BCUT2D eigenvalue weighted by Gasteiger charge is 2.26. The Bertz CT molecular complexity index is 584. The van der Waals surface area contributed by atoms with Gasteiger partial charge in [0.2, 0.25) is 10.0 Å². The molecule has 110 valence electrons. The van der Waals surface area contributed by atoms with E-state index in [0.29, 0.717) is 31.0 Å². The number of hydrogen-bond acceptors (Lipinski definition) is 4. The zero-order chi connectivity index (χ0) is 14.6. The summed E-state index contributed by atoms with van der Waals surface area (Å²) < 4.78 is 31.6. The van der Waals surface area contributed by atoms with Crippen molar-refractivity contribution in [1.82, 2.24) is 0 Å². The molecule has 0 spiro atoms. The standard InChI is InChI=1S/C13H17NO5S/c15-13(16)7-3-10-20(17,18)14-8-4-9-19-12-6-2-1-5-11(12)14/h1-2,5-6H,3-4,7-10H2,(H,15,16). The van der Waals surface area contributed by atoms with Gasteiger partial charge >= 0.3 is 5.97 Å². The molecule has 0 atom stereocenters. The quantitative estimate of drug-likeness (QED) is 0.890. The number of anilines is 1. The second kappa shape index (κ2) is 6.13. The van der Waals surface area contributed by atoms with Gasteiger partial charge in [-0.2, -0.15) is 0 Å². The Kier molecular flexibility index (Phi) is 4.49. The van der Waals surface area contributed by atoms with E-state index in [0.717, 1.165) is 0 Å². The van der Waals surface area contributed by atoms with Crippen molar-refractivity contribution in [3.05, 3.63) is 24.3 Å². The summed E-state index contributed by atoms with van der Waals surface area (Å²) in [6, 6.07) is 6.99. The Balaban J connectivity index is 2.20. The minimum Gasteiger partial charge on any atom is -0.491 e. The summed E-state index contributed by atoms with van der Waals surface area (Å²) in [5, 5.41) is 8.60. The molecule has 2 rings (SSSR count). The van der Waals surface area contributed by atoms with E-state index in [1.807, 2.05) is 0 Å². The smallest absolute Gasteiger partial charge is 0.303 e. The summed E-state index contributed by atoms with van der Waals surface area (Å²) in [6.45, 7) is 0.824. The summed E-state index contributed by atoms with van der Waals surface area (Å²) in [7, 11) is -3.53. The maximum Gasteiger partial charge on any atom is 0.303 e. The van der Waals surface area contributed by atoms with Crippen LogP contribution in [0.3, 0.4) is 0 Å². The topological polar surface area (TPSA) is 83.9 Å². The Morgan fingerprint density at radius 2 is 2.10 bits per heavy atom. The molecule has 1 aliphatic rings. The molecule has 1 N–H and O–H groups in total. The van der Waals surface area contributed by atoms with Crippen LogP contribution >= 0.6 is 0 Å². The molecule has 1 aromatic carbocycles. The van der Waals surface area contributed by atoms with Crippen LogP contribution in [-0.2, 0) is 14.8 Å². The molecule has 20 heavy (non-hydrogen) atoms. The number of aliphatic carboxylic acids is 1. The third-order valence-electron chi connectivity index (χ3n) is 3.03. The number of carboxylic acid groups (broad SMARTS) is 1. The highest BCUT2D eigenvalue weighted by atomic mass is 32.2. The van der Waals surface area contributed by atoms with Crippen LogP contribution in [0.4, 0.5) is 5.69 Å². The molecule has 0 fully saturated rings. The normalized spacial score (nSPS) is 15.1. The first-order valence-electron chi connectivity index (χ1n) is 6.45. The van der Waals surface area contributed by atoms with Gasteiger partial charge in [0.15, 0.2) is 0 Å². The number of sulfonamides is 1. The zero-order valence-corrected chi connectivity index (χ0v) is 11.8. The third-order valence-corrected chi connectivity index (χ3v) is 4.88. The fourth-order valence-electron chi connectivity index (χ4n) is 2.10. The summed E-state index contributed by atoms with van der Waals surface area (Å²) in [4.78, 5) is 10.5. The van der Waals surface area contributed by atoms with Crippen molar-refractivity contribution < 1.29 is 23.1 Å². The van der Waals surface area contributed by atoms with Crippen LogP contribution in [0.1, 0.15) is 19.3 Å². The van der Waals surface area contributed by atoms with Crippen LogP contribution in [0.15, 0.2) is 24.3 Å². The molecular weight excluding hydrogens is 282 g/mol. The van der Waals surface area contributed by atoms with Crippen molar-refractivity contribution in [2.75, 3.05) is 23.2 Å². The lowest BCUT2D eigenvalue weighted by molar-refractivity contribution is -0.137. The van der Waals surface area contributed by atoms with Gasteiger partial charge in [-0.1, -0.05) is 12.1 Å². The van der Waals surface area contributed by atoms with Crippen molar-refractivity contribution in [2.24, 2.45) is 0 Å². The molecule has 0 amide bonds. The largest absolute Gasteiger partial charge is 0.491 e. The van der Waals surface area contributed by atoms with Gasteiger partial charge in [0, 0.05) is 19.4 Å². The first kappa shape index (κ1) is 14.6. The van der Waals surface area contributed by atoms with Gasteiger partial charge in [-0.15, -0.1) is 0 Å². The van der Waals surface area contributed by atoms with Gasteiger partial charge in [-0.25, -0.2) is 8.42 Å². The van der Waals surface area contributed by atoms with Crippen LogP contribution in [-0.4, -0.2) is 38.4 Å². The molecule has 0 aliphatic carbocycles. The highest BCUT2D eigenvalue weighted by Crippen LogP contribution is 2.32. The Morgan fingerprint density at radius 3 is 2.85 bits per heavy atom. The molecule has 7 heteroatoms. The van der Waals surface area contributed by atoms with Gasteiger partial charge < -0.3 is 9.84 Å². The number of ether oxygens (including phenoxy) is 1. The zero-order valence-electron chi connectivity index (χ0n) is 11.0. The number of nitrogens with zero attached hydrogens (tertiary/aromatic N) is 1. The molecule has 1 heterocycles. The van der Waals surface area contributed by atoms with E-state index >= 15 is 0 Å². The van der Waals surface area contributed by atoms with Crippen LogP contribution < -0.4 is 9.04 Å². The minimum atomic E-state index is -3.53. The van der Waals surface area contributed by atoms with Crippen LogP contribution in [0, 0.1) is 0 Å². The van der Waals surface area contributed by atoms with Crippen molar-refractivity contribution in [2.45, 2.75) is 19.3 Å². The summed E-state index contributed by atoms with van der Waals surface area (Å²) >= 11 is 0. The van der Waals surface area contributed by atoms with E-state index in [2.05, 4.69) is 0 Å². The molecular formula is C13H17NO5S. The number of carbonyl (C=O) groups is 1. The first-order valence-corrected chi connectivity index (χ1v) is 8.06. The minimum absolute atomic E-state index is 0.108. The maximum atomic E-state index is 12.4. The van der Waals surface area contributed by atoms with E-state index in [1.165, 1.54) is 4.31 Å². The molecule has 0 radical (unpaired) electrons. The first-order chi connectivity index (χ1) is 9.50. The fourth-order valence-corrected chi connectivity index (χ4v) is 3.69. The lowest BCUT2D eigenvalue weighted by Gasteiger charge is -2.23. The van der Waals surface area contributed by atoms with Crippen molar-refractivity contribution >= 4 is 21.7 Å². The molecule has 6 nitrogen and oxygen atoms in total. The molecule has 0 bridgehead atoms. The van der Waals surface area contributed by atoms with E-state index in [4.69, 9.17) is 9.84 Å². The monoisotopic (exact) mass is 299 g/mol. The second-order valence-electron chi connectivity index (χ2n) is 4.56. The number of carboxylic acids is 1. The van der Waals surface area contributed by atoms with Crippen molar-refractivity contribution in [1.29, 1.82) is 0 Å². The van der Waals surface area contributed by atoms with E-state index in [9.17, 15) is 13.2 Å². The Hall–Kier alpha value is -1.76. The molecule has 1 aromatic rings. The summed E-state index contributed by atoms with van der Waals surface area (Å²) in [6.07, 6.45) is 0.565. The van der Waals surface area contributed by atoms with Gasteiger partial charge in [-0.3, -0.25) is 9.10 Å². The van der Waals surface area contributed by atoms with Crippen LogP contribution in [0.5, 0.6) is 5.75 Å². The predicted molar refractivity (Wildman–Crippen MR) is 74.6 cm³/mol. The van der Waals surface area contributed by atoms with E-state index in [1.54, 1.807) is 24.3 Å². The van der Waals surface area contributed by atoms with Crippen LogP contribution in [0.25, 0.3) is 0 Å². The van der Waals surface area contributed by atoms with E-state index in [-0.39, 0.29) is 18.6 Å². The molecule has 0 aromatic heterocycles. The number of fused-ring (bicyclic) bond motifs is 1. The van der Waals surface area contributed by atoms with E-state index < -0.39 is 16.0 Å². The lowest BCUT2D eigenvalue weighted by atomic mass is 10.3. The number of hydrogen-bond donors (Lipinski definition) is 1. The van der Waals surface area contributed by atoms with Gasteiger partial charge in [-0.05, 0) is 18.6 Å². The Labute approximate surface area is 118 Å². The fraction of sp³-hybridized carbons (Fsp3) is 0.462. The summed E-state index contributed by atoms with van der Waals surface area (Å²) in [5.74, 6) is -0.611. The molecule has 0 saturated heterocycles. The van der Waals surface area contributed by atoms with Crippen molar-refractivity contribution in [3.63, 3.8) is 0 Å². The van der Waals surface area contributed by atoms with Gasteiger partial charge in [0.25, 0.3) is 0 Å². The third kappa shape index (κ3) is 3.41. The number of benzene rings is 1. The predicted octanol–water partition coefficient (Wildman–Crippen LogP) is 1.47.